The van der Waals surface area contributed by atoms with E-state index in [1.807, 2.05) is 6.92 Å². The molecule has 0 saturated heterocycles. The van der Waals surface area contributed by atoms with Gasteiger partial charge in [0, 0.05) is 0 Å². The molecule has 66 valence electrons. The third kappa shape index (κ3) is 7.29. The third-order valence-electron chi connectivity index (χ3n) is 1.07. The lowest BCUT2D eigenvalue weighted by Gasteiger charge is -2.00. The molecule has 0 saturated carbocycles. The molecule has 4 nitrogen and oxygen atoms in total. The zero-order chi connectivity index (χ0) is 8.53. The van der Waals surface area contributed by atoms with Gasteiger partial charge in [0.05, 0.1) is 13.7 Å². The Labute approximate surface area is 66.4 Å². The van der Waals surface area contributed by atoms with Crippen LogP contribution in [0.4, 0.5) is 0 Å². The van der Waals surface area contributed by atoms with Crippen LogP contribution >= 0.6 is 0 Å². The SMILES string of the molecule is CCCCOOCC(=O)OC. The molecular weight excluding hydrogens is 148 g/mol. The van der Waals surface area contributed by atoms with E-state index < -0.39 is 5.97 Å². The van der Waals surface area contributed by atoms with E-state index in [1.54, 1.807) is 0 Å². The maximum atomic E-state index is 10.4. The van der Waals surface area contributed by atoms with Crippen molar-refractivity contribution in [1.82, 2.24) is 0 Å². The van der Waals surface area contributed by atoms with Crippen LogP contribution in [0, 0.1) is 0 Å². The number of hydrogen-bond donors (Lipinski definition) is 0. The summed E-state index contributed by atoms with van der Waals surface area (Å²) < 4.78 is 4.31. The van der Waals surface area contributed by atoms with Crippen LogP contribution in [-0.2, 0) is 19.3 Å². The Hall–Kier alpha value is -0.610. The normalized spacial score (nSPS) is 9.64. The van der Waals surface area contributed by atoms with Crippen molar-refractivity contribution < 1.29 is 19.3 Å². The third-order valence-corrected chi connectivity index (χ3v) is 1.07. The summed E-state index contributed by atoms with van der Waals surface area (Å²) in [7, 11) is 1.30. The Balaban J connectivity index is 2.95. The molecule has 0 aromatic rings. The number of carbonyl (C=O) groups excluding carboxylic acids is 1. The van der Waals surface area contributed by atoms with Crippen LogP contribution in [0.15, 0.2) is 0 Å². The highest BCUT2D eigenvalue weighted by atomic mass is 17.2. The summed E-state index contributed by atoms with van der Waals surface area (Å²) in [4.78, 5) is 19.6. The smallest absolute Gasteiger partial charge is 0.335 e. The maximum absolute atomic E-state index is 10.4. The zero-order valence-corrected chi connectivity index (χ0v) is 6.96. The Kier molecular flexibility index (Phi) is 7.08. The average Bonchev–Trinajstić information content (AvgIpc) is 2.04. The molecule has 0 amide bonds. The van der Waals surface area contributed by atoms with Gasteiger partial charge in [-0.15, -0.1) is 0 Å². The van der Waals surface area contributed by atoms with E-state index in [4.69, 9.17) is 0 Å². The van der Waals surface area contributed by atoms with Gasteiger partial charge >= 0.3 is 5.97 Å². The second kappa shape index (κ2) is 7.50. The van der Waals surface area contributed by atoms with Gasteiger partial charge in [0.25, 0.3) is 0 Å². The van der Waals surface area contributed by atoms with Gasteiger partial charge in [-0.3, -0.25) is 0 Å². The Morgan fingerprint density at radius 1 is 1.36 bits per heavy atom. The van der Waals surface area contributed by atoms with E-state index in [0.717, 1.165) is 12.8 Å². The van der Waals surface area contributed by atoms with Crippen LogP contribution in [-0.4, -0.2) is 26.3 Å². The fourth-order valence-electron chi connectivity index (χ4n) is 0.411. The lowest BCUT2D eigenvalue weighted by Crippen LogP contribution is -2.10. The van der Waals surface area contributed by atoms with Crippen molar-refractivity contribution >= 4 is 5.97 Å². The highest BCUT2D eigenvalue weighted by Gasteiger charge is 1.98. The lowest BCUT2D eigenvalue weighted by atomic mass is 10.4. The molecule has 0 heterocycles. The maximum Gasteiger partial charge on any atom is 0.335 e. The molecular formula is C7H14O4. The molecule has 0 bridgehead atoms. The van der Waals surface area contributed by atoms with Gasteiger partial charge in [0.2, 0.25) is 0 Å². The molecule has 0 atom stereocenters. The van der Waals surface area contributed by atoms with Gasteiger partial charge in [0.1, 0.15) is 0 Å². The van der Waals surface area contributed by atoms with Gasteiger partial charge in [-0.1, -0.05) is 13.3 Å². The molecule has 0 aliphatic carbocycles. The first-order chi connectivity index (χ1) is 5.31. The number of unbranched alkanes of at least 4 members (excludes halogenated alkanes) is 1. The summed E-state index contributed by atoms with van der Waals surface area (Å²) in [6, 6.07) is 0. The second-order valence-electron chi connectivity index (χ2n) is 2.01. The number of hydrogen-bond acceptors (Lipinski definition) is 4. The Bertz CT molecular complexity index is 103. The lowest BCUT2D eigenvalue weighted by molar-refractivity contribution is -0.292. The van der Waals surface area contributed by atoms with Crippen molar-refractivity contribution in [2.75, 3.05) is 20.3 Å². The van der Waals surface area contributed by atoms with Crippen LogP contribution in [0.25, 0.3) is 0 Å². The number of carbonyl (C=O) groups is 1. The molecule has 0 unspecified atom stereocenters. The highest BCUT2D eigenvalue weighted by molar-refractivity contribution is 5.70. The van der Waals surface area contributed by atoms with Gasteiger partial charge in [-0.2, -0.15) is 0 Å². The van der Waals surface area contributed by atoms with Crippen molar-refractivity contribution in [3.63, 3.8) is 0 Å². The van der Waals surface area contributed by atoms with Crippen LogP contribution in [0.3, 0.4) is 0 Å². The quantitative estimate of drug-likeness (QED) is 0.252. The highest BCUT2D eigenvalue weighted by Crippen LogP contribution is 1.88. The molecule has 0 N–H and O–H groups in total. The van der Waals surface area contributed by atoms with Crippen LogP contribution < -0.4 is 0 Å². The second-order valence-corrected chi connectivity index (χ2v) is 2.01. The van der Waals surface area contributed by atoms with Crippen molar-refractivity contribution in [2.24, 2.45) is 0 Å². The summed E-state index contributed by atoms with van der Waals surface area (Å²) in [5, 5.41) is 0. The summed E-state index contributed by atoms with van der Waals surface area (Å²) in [5.41, 5.74) is 0. The predicted molar refractivity (Wildman–Crippen MR) is 38.8 cm³/mol. The van der Waals surface area contributed by atoms with Gasteiger partial charge < -0.3 is 4.74 Å². The number of methoxy groups -OCH3 is 1. The van der Waals surface area contributed by atoms with Crippen molar-refractivity contribution in [3.8, 4) is 0 Å². The van der Waals surface area contributed by atoms with Crippen molar-refractivity contribution in [1.29, 1.82) is 0 Å². The minimum absolute atomic E-state index is 0.139. The van der Waals surface area contributed by atoms with E-state index in [0.29, 0.717) is 6.61 Å². The fourth-order valence-corrected chi connectivity index (χ4v) is 0.411. The van der Waals surface area contributed by atoms with E-state index >= 15 is 0 Å². The van der Waals surface area contributed by atoms with Crippen LogP contribution in [0.5, 0.6) is 0 Å². The Morgan fingerprint density at radius 3 is 2.64 bits per heavy atom. The van der Waals surface area contributed by atoms with E-state index in [2.05, 4.69) is 14.5 Å². The largest absolute Gasteiger partial charge is 0.467 e. The zero-order valence-electron chi connectivity index (χ0n) is 6.96. The van der Waals surface area contributed by atoms with Crippen LogP contribution in [0.2, 0.25) is 0 Å². The first-order valence-corrected chi connectivity index (χ1v) is 3.62. The molecule has 0 aliphatic rings. The topological polar surface area (TPSA) is 44.8 Å². The van der Waals surface area contributed by atoms with Gasteiger partial charge in [-0.05, 0) is 6.42 Å². The monoisotopic (exact) mass is 162 g/mol. The Morgan fingerprint density at radius 2 is 2.09 bits per heavy atom. The van der Waals surface area contributed by atoms with Gasteiger partial charge in [0.15, 0.2) is 6.61 Å². The van der Waals surface area contributed by atoms with E-state index in [1.165, 1.54) is 7.11 Å². The minimum atomic E-state index is -0.429. The molecule has 0 spiro atoms. The summed E-state index contributed by atoms with van der Waals surface area (Å²) in [6.07, 6.45) is 1.97. The average molecular weight is 162 g/mol. The van der Waals surface area contributed by atoms with E-state index in [-0.39, 0.29) is 6.61 Å². The van der Waals surface area contributed by atoms with E-state index in [9.17, 15) is 4.79 Å². The molecule has 0 rings (SSSR count). The van der Waals surface area contributed by atoms with Crippen LogP contribution in [0.1, 0.15) is 19.8 Å². The molecule has 11 heavy (non-hydrogen) atoms. The van der Waals surface area contributed by atoms with Gasteiger partial charge in [-0.25, -0.2) is 14.6 Å². The summed E-state index contributed by atoms with van der Waals surface area (Å²) in [5.74, 6) is -0.429. The molecule has 0 fully saturated rings. The summed E-state index contributed by atoms with van der Waals surface area (Å²) in [6.45, 7) is 2.43. The van der Waals surface area contributed by atoms with Crippen molar-refractivity contribution in [3.05, 3.63) is 0 Å². The number of rotatable bonds is 6. The molecule has 0 aliphatic heterocycles. The number of ether oxygens (including phenoxy) is 1. The minimum Gasteiger partial charge on any atom is -0.467 e. The summed E-state index contributed by atoms with van der Waals surface area (Å²) >= 11 is 0. The molecule has 0 aromatic carbocycles. The molecule has 0 radical (unpaired) electrons. The van der Waals surface area contributed by atoms with Crippen molar-refractivity contribution in [2.45, 2.75) is 19.8 Å². The standard InChI is InChI=1S/C7H14O4/c1-3-4-5-10-11-6-7(8)9-2/h3-6H2,1-2H3. The predicted octanol–water partition coefficient (Wildman–Crippen LogP) is 0.908. The first kappa shape index (κ1) is 10.4. The molecule has 0 aromatic heterocycles. The number of esters is 1. The first-order valence-electron chi connectivity index (χ1n) is 3.62. The fraction of sp³-hybridized carbons (Fsp3) is 0.857. The molecule has 4 heteroatoms.